The van der Waals surface area contributed by atoms with Crippen LogP contribution in [0.25, 0.3) is 0 Å². The predicted molar refractivity (Wildman–Crippen MR) is 45.8 cm³/mol. The maximum atomic E-state index is 2.12. The van der Waals surface area contributed by atoms with Gasteiger partial charge in [-0.25, -0.2) is 9.13 Å². The van der Waals surface area contributed by atoms with Crippen LogP contribution in [0.2, 0.25) is 0 Å². The molecular weight excluding hydrogens is 236 g/mol. The topological polar surface area (TPSA) is 8.81 Å². The Kier molecular flexibility index (Phi) is 13.5. The number of aryl methyl sites for hydroxylation is 2. The summed E-state index contributed by atoms with van der Waals surface area (Å²) in [6, 6.07) is 0. The van der Waals surface area contributed by atoms with Crippen molar-refractivity contribution >= 4 is 24.8 Å². The maximum absolute atomic E-state index is 2.12. The average Bonchev–Trinajstić information content (AvgIpc) is 2.14. The Labute approximate surface area is 92.6 Å². The third-order valence-electron chi connectivity index (χ3n) is 1.19. The van der Waals surface area contributed by atoms with E-state index in [1.54, 1.807) is 0 Å². The normalized spacial score (nSPS) is 7.09. The Hall–Kier alpha value is 0.413. The van der Waals surface area contributed by atoms with Crippen molar-refractivity contribution in [1.82, 2.24) is 4.57 Å². The van der Waals surface area contributed by atoms with Crippen molar-refractivity contribution in [3.05, 3.63) is 18.7 Å². The maximum Gasteiger partial charge on any atom is 0.243 e. The van der Waals surface area contributed by atoms with E-state index in [1.165, 1.54) is 0 Å². The van der Waals surface area contributed by atoms with Crippen LogP contribution in [0.1, 0.15) is 6.92 Å². The number of halogens is 2. The van der Waals surface area contributed by atoms with E-state index in [2.05, 4.69) is 24.0 Å². The van der Waals surface area contributed by atoms with E-state index >= 15 is 0 Å². The van der Waals surface area contributed by atoms with Gasteiger partial charge in [0.2, 0.25) is 6.33 Å². The van der Waals surface area contributed by atoms with Crippen molar-refractivity contribution in [2.45, 2.75) is 13.5 Å². The minimum Gasteiger partial charge on any atom is -0.240 e. The van der Waals surface area contributed by atoms with Gasteiger partial charge in [0, 0.05) is 19.5 Å². The van der Waals surface area contributed by atoms with E-state index in [9.17, 15) is 0 Å². The molecule has 0 aromatic carbocycles. The molecule has 1 aromatic heterocycles. The summed E-state index contributed by atoms with van der Waals surface area (Å²) in [4.78, 5) is 0. The largest absolute Gasteiger partial charge is 0.243 e. The minimum absolute atomic E-state index is 0. The molecule has 0 bridgehead atoms. The smallest absolute Gasteiger partial charge is 0.240 e. The second-order valence-corrected chi connectivity index (χ2v) is 1.91. The Morgan fingerprint density at radius 1 is 1.36 bits per heavy atom. The molecule has 0 aliphatic carbocycles. The molecule has 0 saturated carbocycles. The Morgan fingerprint density at radius 3 is 2.09 bits per heavy atom. The summed E-state index contributed by atoms with van der Waals surface area (Å²) in [6.45, 7) is 3.18. The summed E-state index contributed by atoms with van der Waals surface area (Å²) >= 11 is 0. The van der Waals surface area contributed by atoms with Crippen molar-refractivity contribution in [3.8, 4) is 0 Å². The first-order valence-corrected chi connectivity index (χ1v) is 2.84. The number of hydrogen-bond acceptors (Lipinski definition) is 0. The first-order valence-electron chi connectivity index (χ1n) is 2.84. The van der Waals surface area contributed by atoms with E-state index < -0.39 is 0 Å². The molecule has 1 aromatic rings. The molecule has 0 N–H and O–H groups in total. The van der Waals surface area contributed by atoms with Gasteiger partial charge in [-0.05, 0) is 6.92 Å². The van der Waals surface area contributed by atoms with Crippen LogP contribution >= 0.6 is 24.8 Å². The van der Waals surface area contributed by atoms with Gasteiger partial charge in [-0.15, -0.1) is 24.8 Å². The molecule has 11 heavy (non-hydrogen) atoms. The van der Waals surface area contributed by atoms with Crippen molar-refractivity contribution in [2.75, 3.05) is 0 Å². The molecule has 0 atom stereocenters. The quantitative estimate of drug-likeness (QED) is 0.522. The standard InChI is InChI=1S/C6H11N2.2ClH.Zn/c1-3-8-5-4-7(2)6-8;;;/h4-6H,3H2,1-2H3;2*1H;/q+1;;;. The second-order valence-electron chi connectivity index (χ2n) is 1.91. The summed E-state index contributed by atoms with van der Waals surface area (Å²) in [7, 11) is 2.02. The van der Waals surface area contributed by atoms with Gasteiger partial charge < -0.3 is 0 Å². The van der Waals surface area contributed by atoms with E-state index in [4.69, 9.17) is 0 Å². The minimum atomic E-state index is 0. The molecule has 0 unspecified atom stereocenters. The molecule has 0 aliphatic heterocycles. The zero-order chi connectivity index (χ0) is 5.98. The van der Waals surface area contributed by atoms with E-state index in [-0.39, 0.29) is 44.3 Å². The summed E-state index contributed by atoms with van der Waals surface area (Å²) in [6.07, 6.45) is 6.14. The van der Waals surface area contributed by atoms with Crippen molar-refractivity contribution < 1.29 is 24.0 Å². The first kappa shape index (κ1) is 17.5. The molecule has 0 fully saturated rings. The molecule has 1 rings (SSSR count). The number of nitrogens with zero attached hydrogens (tertiary/aromatic N) is 2. The fourth-order valence-corrected chi connectivity index (χ4v) is 0.689. The molecule has 2 nitrogen and oxygen atoms in total. The summed E-state index contributed by atoms with van der Waals surface area (Å²) in [5.41, 5.74) is 0. The van der Waals surface area contributed by atoms with Crippen LogP contribution in [-0.2, 0) is 33.1 Å². The first-order chi connectivity index (χ1) is 3.83. The molecule has 0 aliphatic rings. The summed E-state index contributed by atoms with van der Waals surface area (Å²) in [5.74, 6) is 0. The predicted octanol–water partition coefficient (Wildman–Crippen LogP) is 1.17. The zero-order valence-corrected chi connectivity index (χ0v) is 11.5. The monoisotopic (exact) mass is 247 g/mol. The van der Waals surface area contributed by atoms with Crippen LogP contribution in [0.3, 0.4) is 0 Å². The van der Waals surface area contributed by atoms with Crippen LogP contribution in [-0.4, -0.2) is 4.57 Å². The Balaban J connectivity index is -0.000000213. The third kappa shape index (κ3) is 5.66. The molecule has 0 spiro atoms. The molecular formula is C6H13Cl2N2Zn+. The van der Waals surface area contributed by atoms with Gasteiger partial charge in [-0.1, -0.05) is 0 Å². The molecule has 0 saturated heterocycles. The Bertz CT molecular complexity index is 179. The molecule has 1 heterocycles. The van der Waals surface area contributed by atoms with Gasteiger partial charge in [0.25, 0.3) is 0 Å². The van der Waals surface area contributed by atoms with E-state index in [0.717, 1.165) is 6.54 Å². The van der Waals surface area contributed by atoms with Gasteiger partial charge in [-0.2, -0.15) is 0 Å². The van der Waals surface area contributed by atoms with Crippen molar-refractivity contribution in [3.63, 3.8) is 0 Å². The van der Waals surface area contributed by atoms with Gasteiger partial charge in [-0.3, -0.25) is 0 Å². The summed E-state index contributed by atoms with van der Waals surface area (Å²) in [5, 5.41) is 0. The fourth-order valence-electron chi connectivity index (χ4n) is 0.689. The van der Waals surface area contributed by atoms with Gasteiger partial charge >= 0.3 is 0 Å². The third-order valence-corrected chi connectivity index (χ3v) is 1.19. The number of rotatable bonds is 1. The van der Waals surface area contributed by atoms with Crippen LogP contribution in [0.4, 0.5) is 0 Å². The number of aromatic nitrogens is 2. The van der Waals surface area contributed by atoms with Gasteiger partial charge in [0.1, 0.15) is 12.4 Å². The Morgan fingerprint density at radius 2 is 1.91 bits per heavy atom. The van der Waals surface area contributed by atoms with Gasteiger partial charge in [0.05, 0.1) is 13.6 Å². The van der Waals surface area contributed by atoms with Crippen molar-refractivity contribution in [2.24, 2.45) is 7.05 Å². The van der Waals surface area contributed by atoms with Crippen LogP contribution in [0, 0.1) is 0 Å². The van der Waals surface area contributed by atoms with E-state index in [1.807, 2.05) is 17.8 Å². The molecule has 0 radical (unpaired) electrons. The molecule has 62 valence electrons. The number of hydrogen-bond donors (Lipinski definition) is 0. The van der Waals surface area contributed by atoms with Crippen LogP contribution < -0.4 is 4.57 Å². The zero-order valence-electron chi connectivity index (χ0n) is 6.86. The van der Waals surface area contributed by atoms with Crippen molar-refractivity contribution in [1.29, 1.82) is 0 Å². The van der Waals surface area contributed by atoms with Crippen LogP contribution in [0.5, 0.6) is 0 Å². The summed E-state index contributed by atoms with van der Waals surface area (Å²) < 4.78 is 4.16. The SMILES string of the molecule is CCn1cc[n+](C)c1.Cl.Cl.[Zn]. The number of imidazole rings is 1. The second kappa shape index (κ2) is 8.51. The fraction of sp³-hybridized carbons (Fsp3) is 0.500. The molecule has 5 heteroatoms. The van der Waals surface area contributed by atoms with Crippen LogP contribution in [0.15, 0.2) is 18.7 Å². The molecule has 0 amide bonds. The van der Waals surface area contributed by atoms with E-state index in [0.29, 0.717) is 0 Å². The van der Waals surface area contributed by atoms with Gasteiger partial charge in [0.15, 0.2) is 0 Å². The average molecular weight is 249 g/mol.